The lowest BCUT2D eigenvalue weighted by molar-refractivity contribution is 0.0520. The van der Waals surface area contributed by atoms with Gasteiger partial charge in [-0.1, -0.05) is 56.8 Å². The summed E-state index contributed by atoms with van der Waals surface area (Å²) in [5.74, 6) is 0.0813. The van der Waals surface area contributed by atoms with Gasteiger partial charge in [0.1, 0.15) is 17.2 Å². The number of carbonyl (C=O) groups excluding carboxylic acids is 1. The molecule has 7 heteroatoms. The SMILES string of the molecule is C=CN.CC.CN1CCC(CNC(=O)OC(C)(C)C)C1.Cc1cc(-c2ccc(F)cc2)cc(-c2ccc(F)cc2)c1. The molecular formula is C34H47F2N3O2. The summed E-state index contributed by atoms with van der Waals surface area (Å²) >= 11 is 0. The number of amides is 1. The van der Waals surface area contributed by atoms with E-state index in [9.17, 15) is 13.6 Å². The van der Waals surface area contributed by atoms with Crippen molar-refractivity contribution in [3.8, 4) is 22.3 Å². The van der Waals surface area contributed by atoms with Crippen LogP contribution in [0.25, 0.3) is 22.3 Å². The van der Waals surface area contributed by atoms with Crippen LogP contribution in [0.3, 0.4) is 0 Å². The van der Waals surface area contributed by atoms with E-state index in [2.05, 4.69) is 41.7 Å². The van der Waals surface area contributed by atoms with Crippen LogP contribution in [-0.2, 0) is 4.74 Å². The number of hydrogen-bond acceptors (Lipinski definition) is 4. The van der Waals surface area contributed by atoms with Gasteiger partial charge < -0.3 is 20.7 Å². The van der Waals surface area contributed by atoms with Gasteiger partial charge in [-0.05, 0) is 118 Å². The molecule has 1 amide bonds. The minimum absolute atomic E-state index is 0.245. The lowest BCUT2D eigenvalue weighted by Gasteiger charge is -2.20. The molecule has 1 heterocycles. The molecule has 5 nitrogen and oxygen atoms in total. The third-order valence-corrected chi connectivity index (χ3v) is 5.86. The van der Waals surface area contributed by atoms with Crippen LogP contribution in [-0.4, -0.2) is 43.3 Å². The molecule has 0 aromatic heterocycles. The van der Waals surface area contributed by atoms with Gasteiger partial charge in [-0.2, -0.15) is 0 Å². The van der Waals surface area contributed by atoms with Crippen LogP contribution in [0.4, 0.5) is 13.6 Å². The number of aryl methyl sites for hydroxylation is 1. The lowest BCUT2D eigenvalue weighted by Crippen LogP contribution is -2.35. The average molecular weight is 568 g/mol. The van der Waals surface area contributed by atoms with Gasteiger partial charge in [0.05, 0.1) is 0 Å². The molecule has 1 atom stereocenters. The molecule has 1 aliphatic rings. The predicted molar refractivity (Wildman–Crippen MR) is 168 cm³/mol. The monoisotopic (exact) mass is 567 g/mol. The zero-order chi connectivity index (χ0) is 31.0. The van der Waals surface area contributed by atoms with Crippen molar-refractivity contribution in [3.05, 3.63) is 96.7 Å². The Morgan fingerprint density at radius 3 is 1.78 bits per heavy atom. The van der Waals surface area contributed by atoms with E-state index in [4.69, 9.17) is 4.74 Å². The fraction of sp³-hybridized carbons (Fsp3) is 0.382. The van der Waals surface area contributed by atoms with Crippen molar-refractivity contribution in [1.82, 2.24) is 10.2 Å². The number of benzene rings is 3. The zero-order valence-electron chi connectivity index (χ0n) is 25.6. The molecule has 0 spiro atoms. The number of hydrogen-bond donors (Lipinski definition) is 2. The number of rotatable bonds is 4. The quantitative estimate of drug-likeness (QED) is 0.334. The molecular weight excluding hydrogens is 520 g/mol. The van der Waals surface area contributed by atoms with Crippen LogP contribution in [0.15, 0.2) is 79.5 Å². The molecule has 0 aliphatic carbocycles. The Kier molecular flexibility index (Phi) is 15.4. The van der Waals surface area contributed by atoms with E-state index < -0.39 is 5.60 Å². The smallest absolute Gasteiger partial charge is 0.407 e. The first-order chi connectivity index (χ1) is 19.4. The first-order valence-corrected chi connectivity index (χ1v) is 14.0. The van der Waals surface area contributed by atoms with Crippen molar-refractivity contribution < 1.29 is 18.3 Å². The number of ether oxygens (including phenoxy) is 1. The fourth-order valence-corrected chi connectivity index (χ4v) is 4.14. The summed E-state index contributed by atoms with van der Waals surface area (Å²) in [6.45, 7) is 17.7. The van der Waals surface area contributed by atoms with E-state index in [0.29, 0.717) is 5.92 Å². The maximum atomic E-state index is 13.0. The molecule has 0 bridgehead atoms. The highest BCUT2D eigenvalue weighted by Gasteiger charge is 2.21. The number of alkyl carbamates (subject to hydrolysis) is 1. The van der Waals surface area contributed by atoms with E-state index in [1.54, 1.807) is 24.3 Å². The van der Waals surface area contributed by atoms with Crippen molar-refractivity contribution in [2.24, 2.45) is 11.7 Å². The summed E-state index contributed by atoms with van der Waals surface area (Å²) in [4.78, 5) is 13.6. The van der Waals surface area contributed by atoms with E-state index in [1.165, 1.54) is 30.5 Å². The average Bonchev–Trinajstić information content (AvgIpc) is 3.34. The topological polar surface area (TPSA) is 67.6 Å². The lowest BCUT2D eigenvalue weighted by atomic mass is 9.96. The second-order valence-electron chi connectivity index (χ2n) is 10.6. The summed E-state index contributed by atoms with van der Waals surface area (Å²) in [5, 5.41) is 2.81. The molecule has 1 unspecified atom stereocenters. The molecule has 3 aromatic carbocycles. The molecule has 0 saturated carbocycles. The minimum Gasteiger partial charge on any atom is -0.444 e. The van der Waals surface area contributed by atoms with E-state index >= 15 is 0 Å². The molecule has 3 N–H and O–H groups in total. The Bertz CT molecular complexity index is 1130. The van der Waals surface area contributed by atoms with Crippen LogP contribution in [0.1, 0.15) is 46.6 Å². The summed E-state index contributed by atoms with van der Waals surface area (Å²) in [6.07, 6.45) is 2.10. The highest BCUT2D eigenvalue weighted by molar-refractivity contribution is 5.74. The van der Waals surface area contributed by atoms with Crippen LogP contribution < -0.4 is 11.1 Å². The molecule has 1 aliphatic heterocycles. The molecule has 0 radical (unpaired) electrons. The fourth-order valence-electron chi connectivity index (χ4n) is 4.14. The van der Waals surface area contributed by atoms with E-state index in [0.717, 1.165) is 53.9 Å². The maximum absolute atomic E-state index is 13.0. The minimum atomic E-state index is -0.406. The third-order valence-electron chi connectivity index (χ3n) is 5.86. The van der Waals surface area contributed by atoms with Gasteiger partial charge >= 0.3 is 6.09 Å². The van der Waals surface area contributed by atoms with Gasteiger partial charge in [-0.25, -0.2) is 13.6 Å². The standard InChI is InChI=1S/C19H14F2.C11H22N2O2.C2H5N.C2H6/c1-13-10-16(14-2-6-18(20)7-3-14)12-17(11-13)15-4-8-19(21)9-5-15;1-11(2,3)15-10(14)12-7-9-5-6-13(4)8-9;1-2-3;1-2/h2-12H,1H3;9H,5-8H2,1-4H3,(H,12,14);2H,1,3H2;1-2H3. The number of likely N-dealkylation sites (tertiary alicyclic amines) is 1. The first kappa shape index (κ1) is 35.3. The van der Waals surface area contributed by atoms with Gasteiger partial charge in [-0.3, -0.25) is 0 Å². The number of nitrogens with two attached hydrogens (primary N) is 1. The number of carbonyl (C=O) groups is 1. The zero-order valence-corrected chi connectivity index (χ0v) is 25.6. The van der Waals surface area contributed by atoms with Crippen molar-refractivity contribution in [3.63, 3.8) is 0 Å². The molecule has 41 heavy (non-hydrogen) atoms. The molecule has 1 fully saturated rings. The van der Waals surface area contributed by atoms with Crippen molar-refractivity contribution in [2.75, 3.05) is 26.7 Å². The summed E-state index contributed by atoms with van der Waals surface area (Å²) < 4.78 is 31.2. The van der Waals surface area contributed by atoms with Crippen LogP contribution in [0.2, 0.25) is 0 Å². The number of nitrogens with zero attached hydrogens (tertiary/aromatic N) is 1. The maximum Gasteiger partial charge on any atom is 0.407 e. The van der Waals surface area contributed by atoms with Gasteiger partial charge in [0.25, 0.3) is 0 Å². The molecule has 3 aromatic rings. The predicted octanol–water partition coefficient (Wildman–Crippen LogP) is 8.18. The molecule has 1 saturated heterocycles. The number of nitrogens with one attached hydrogen (secondary N) is 1. The number of halogens is 2. The van der Waals surface area contributed by atoms with Gasteiger partial charge in [0.2, 0.25) is 0 Å². The van der Waals surface area contributed by atoms with Crippen molar-refractivity contribution >= 4 is 6.09 Å². The second-order valence-corrected chi connectivity index (χ2v) is 10.6. The molecule has 224 valence electrons. The summed E-state index contributed by atoms with van der Waals surface area (Å²) in [7, 11) is 2.10. The van der Waals surface area contributed by atoms with Crippen LogP contribution in [0, 0.1) is 24.5 Å². The highest BCUT2D eigenvalue weighted by Crippen LogP contribution is 2.28. The normalized spacial score (nSPS) is 14.2. The Balaban J connectivity index is 0.000000370. The van der Waals surface area contributed by atoms with Gasteiger partial charge in [-0.15, -0.1) is 0 Å². The summed E-state index contributed by atoms with van der Waals surface area (Å²) in [5.41, 5.74) is 9.28. The summed E-state index contributed by atoms with van der Waals surface area (Å²) in [6, 6.07) is 19.0. The Labute approximate surface area is 245 Å². The molecule has 4 rings (SSSR count). The van der Waals surface area contributed by atoms with Gasteiger partial charge in [0.15, 0.2) is 0 Å². The van der Waals surface area contributed by atoms with E-state index in [1.807, 2.05) is 47.6 Å². The van der Waals surface area contributed by atoms with Crippen LogP contribution >= 0.6 is 0 Å². The van der Waals surface area contributed by atoms with Gasteiger partial charge in [0, 0.05) is 13.1 Å². The van der Waals surface area contributed by atoms with Crippen molar-refractivity contribution in [2.45, 2.75) is 53.6 Å². The third kappa shape index (κ3) is 14.0. The largest absolute Gasteiger partial charge is 0.444 e. The van der Waals surface area contributed by atoms with E-state index in [-0.39, 0.29) is 17.7 Å². The van der Waals surface area contributed by atoms with Crippen molar-refractivity contribution in [1.29, 1.82) is 0 Å². The second kappa shape index (κ2) is 17.9. The Morgan fingerprint density at radius 2 is 1.41 bits per heavy atom. The first-order valence-electron chi connectivity index (χ1n) is 14.0. The Hall–Kier alpha value is -3.71. The van der Waals surface area contributed by atoms with Crippen LogP contribution in [0.5, 0.6) is 0 Å². The highest BCUT2D eigenvalue weighted by atomic mass is 19.1. The Morgan fingerprint density at radius 1 is 0.976 bits per heavy atom.